The highest BCUT2D eigenvalue weighted by molar-refractivity contribution is 5.90. The van der Waals surface area contributed by atoms with Crippen molar-refractivity contribution < 1.29 is 9.53 Å². The Labute approximate surface area is 194 Å². The van der Waals surface area contributed by atoms with Gasteiger partial charge in [0.05, 0.1) is 19.0 Å². The zero-order chi connectivity index (χ0) is 22.6. The number of piperazine rings is 1. The Morgan fingerprint density at radius 1 is 1.09 bits per heavy atom. The van der Waals surface area contributed by atoms with Gasteiger partial charge in [-0.1, -0.05) is 24.3 Å². The van der Waals surface area contributed by atoms with E-state index >= 15 is 0 Å². The Bertz CT molecular complexity index is 1110. The number of aromatic nitrogens is 2. The number of nitrogens with zero attached hydrogens (tertiary/aromatic N) is 4. The van der Waals surface area contributed by atoms with Gasteiger partial charge in [0, 0.05) is 50.7 Å². The lowest BCUT2D eigenvalue weighted by Crippen LogP contribution is -2.44. The molecule has 0 spiro atoms. The topological polar surface area (TPSA) is 82.6 Å². The van der Waals surface area contributed by atoms with Crippen molar-refractivity contribution in [3.63, 3.8) is 0 Å². The first-order valence-electron chi connectivity index (χ1n) is 11.6. The summed E-state index contributed by atoms with van der Waals surface area (Å²) in [5.74, 6) is 2.56. The molecule has 2 saturated heterocycles. The minimum absolute atomic E-state index is 0.141. The third-order valence-electron chi connectivity index (χ3n) is 6.39. The van der Waals surface area contributed by atoms with Crippen LogP contribution in [0, 0.1) is 0 Å². The van der Waals surface area contributed by atoms with Crippen molar-refractivity contribution in [1.29, 1.82) is 0 Å². The van der Waals surface area contributed by atoms with Gasteiger partial charge in [0.25, 0.3) is 0 Å². The fourth-order valence-corrected chi connectivity index (χ4v) is 4.56. The van der Waals surface area contributed by atoms with E-state index in [-0.39, 0.29) is 11.9 Å². The van der Waals surface area contributed by atoms with E-state index in [1.165, 1.54) is 0 Å². The monoisotopic (exact) mass is 446 g/mol. The molecule has 3 heterocycles. The summed E-state index contributed by atoms with van der Waals surface area (Å²) in [5.41, 5.74) is 1.93. The smallest absolute Gasteiger partial charge is 0.227 e. The predicted octanol–water partition coefficient (Wildman–Crippen LogP) is 2.30. The fraction of sp³-hybridized carbons (Fsp3) is 0.400. The van der Waals surface area contributed by atoms with Gasteiger partial charge in [-0.05, 0) is 36.2 Å². The van der Waals surface area contributed by atoms with Crippen molar-refractivity contribution in [3.8, 4) is 5.75 Å². The molecule has 2 N–H and O–H groups in total. The minimum atomic E-state index is 0.141. The summed E-state index contributed by atoms with van der Waals surface area (Å²) in [4.78, 5) is 26.8. The third kappa shape index (κ3) is 4.85. The summed E-state index contributed by atoms with van der Waals surface area (Å²) in [6.45, 7) is 5.16. The molecule has 0 unspecified atom stereocenters. The van der Waals surface area contributed by atoms with E-state index < -0.39 is 0 Å². The number of methoxy groups -OCH3 is 1. The Balaban J connectivity index is 1.26. The molecule has 33 heavy (non-hydrogen) atoms. The first-order valence-corrected chi connectivity index (χ1v) is 11.6. The van der Waals surface area contributed by atoms with E-state index in [4.69, 9.17) is 14.7 Å². The van der Waals surface area contributed by atoms with E-state index in [1.54, 1.807) is 7.11 Å². The Kier molecular flexibility index (Phi) is 6.26. The van der Waals surface area contributed by atoms with Crippen LogP contribution in [0.5, 0.6) is 5.75 Å². The van der Waals surface area contributed by atoms with Crippen molar-refractivity contribution in [2.24, 2.45) is 0 Å². The van der Waals surface area contributed by atoms with Gasteiger partial charge >= 0.3 is 0 Å². The molecule has 0 radical (unpaired) electrons. The van der Waals surface area contributed by atoms with Gasteiger partial charge in [-0.15, -0.1) is 0 Å². The Morgan fingerprint density at radius 2 is 1.88 bits per heavy atom. The second-order valence-corrected chi connectivity index (χ2v) is 8.62. The van der Waals surface area contributed by atoms with Crippen molar-refractivity contribution in [3.05, 3.63) is 54.1 Å². The van der Waals surface area contributed by atoms with Gasteiger partial charge in [0.15, 0.2) is 0 Å². The molecule has 8 heteroatoms. The zero-order valence-corrected chi connectivity index (χ0v) is 19.0. The van der Waals surface area contributed by atoms with Crippen molar-refractivity contribution in [2.45, 2.75) is 18.9 Å². The summed E-state index contributed by atoms with van der Waals surface area (Å²) < 4.78 is 5.20. The average Bonchev–Trinajstić information content (AvgIpc) is 3.33. The molecular weight excluding hydrogens is 416 g/mol. The van der Waals surface area contributed by atoms with Crippen LogP contribution in [0.15, 0.2) is 48.5 Å². The quantitative estimate of drug-likeness (QED) is 0.601. The van der Waals surface area contributed by atoms with Crippen LogP contribution >= 0.6 is 0 Å². The maximum Gasteiger partial charge on any atom is 0.227 e. The van der Waals surface area contributed by atoms with Crippen LogP contribution < -0.4 is 20.3 Å². The number of fused-ring (bicyclic) bond motifs is 1. The highest BCUT2D eigenvalue weighted by Crippen LogP contribution is 2.26. The van der Waals surface area contributed by atoms with Crippen LogP contribution in [0.4, 0.5) is 11.8 Å². The molecule has 2 aliphatic rings. The number of hydrogen-bond donors (Lipinski definition) is 2. The van der Waals surface area contributed by atoms with Gasteiger partial charge in [-0.2, -0.15) is 4.98 Å². The summed E-state index contributed by atoms with van der Waals surface area (Å²) in [7, 11) is 1.64. The molecule has 0 saturated carbocycles. The van der Waals surface area contributed by atoms with Crippen LogP contribution in [0.1, 0.15) is 12.0 Å². The standard InChI is InChI=1S/C25H30N6O2/c1-33-20-8-6-18(7-9-20)16-23(32)31-13-10-19(17-31)27-25-28-22-5-3-2-4-21(22)24(29-25)30-14-11-26-12-15-30/h2-9,19,26H,10-17H2,1H3,(H,27,28,29)/t19-/m0/s1. The number of carbonyl (C=O) groups excluding carboxylic acids is 1. The first-order chi connectivity index (χ1) is 16.2. The van der Waals surface area contributed by atoms with E-state index in [9.17, 15) is 4.79 Å². The van der Waals surface area contributed by atoms with Gasteiger partial charge in [0.1, 0.15) is 11.6 Å². The number of benzene rings is 2. The van der Waals surface area contributed by atoms with Crippen molar-refractivity contribution >= 4 is 28.6 Å². The van der Waals surface area contributed by atoms with E-state index in [1.807, 2.05) is 47.4 Å². The molecule has 1 aromatic heterocycles. The van der Waals surface area contributed by atoms with Gasteiger partial charge in [-0.25, -0.2) is 4.98 Å². The molecule has 2 aromatic carbocycles. The molecule has 0 aliphatic carbocycles. The number of likely N-dealkylation sites (tertiary alicyclic amines) is 1. The predicted molar refractivity (Wildman–Crippen MR) is 130 cm³/mol. The molecule has 2 aliphatic heterocycles. The maximum absolute atomic E-state index is 12.8. The molecule has 2 fully saturated rings. The highest BCUT2D eigenvalue weighted by atomic mass is 16.5. The first kappa shape index (κ1) is 21.5. The number of carbonyl (C=O) groups is 1. The third-order valence-corrected chi connectivity index (χ3v) is 6.39. The zero-order valence-electron chi connectivity index (χ0n) is 19.0. The number of anilines is 2. The molecule has 3 aromatic rings. The van der Waals surface area contributed by atoms with Crippen molar-refractivity contribution in [2.75, 3.05) is 56.6 Å². The highest BCUT2D eigenvalue weighted by Gasteiger charge is 2.27. The molecular formula is C25H30N6O2. The van der Waals surface area contributed by atoms with Crippen LogP contribution in [-0.2, 0) is 11.2 Å². The van der Waals surface area contributed by atoms with E-state index in [2.05, 4.69) is 21.6 Å². The summed E-state index contributed by atoms with van der Waals surface area (Å²) >= 11 is 0. The second kappa shape index (κ2) is 9.62. The van der Waals surface area contributed by atoms with Crippen molar-refractivity contribution in [1.82, 2.24) is 20.2 Å². The lowest BCUT2D eigenvalue weighted by atomic mass is 10.1. The molecule has 5 rings (SSSR count). The number of para-hydroxylation sites is 1. The maximum atomic E-state index is 12.8. The molecule has 1 amide bonds. The van der Waals surface area contributed by atoms with Gasteiger partial charge < -0.3 is 25.2 Å². The number of amides is 1. The van der Waals surface area contributed by atoms with Gasteiger partial charge in [0.2, 0.25) is 11.9 Å². The summed E-state index contributed by atoms with van der Waals surface area (Å²) in [5, 5.41) is 7.98. The Morgan fingerprint density at radius 3 is 2.67 bits per heavy atom. The molecule has 172 valence electrons. The molecule has 8 nitrogen and oxygen atoms in total. The normalized spacial score (nSPS) is 18.5. The summed E-state index contributed by atoms with van der Waals surface area (Å²) in [6, 6.07) is 16.0. The molecule has 0 bridgehead atoms. The number of ether oxygens (including phenoxy) is 1. The second-order valence-electron chi connectivity index (χ2n) is 8.62. The van der Waals surface area contributed by atoms with E-state index in [0.29, 0.717) is 18.9 Å². The van der Waals surface area contributed by atoms with Gasteiger partial charge in [-0.3, -0.25) is 4.79 Å². The van der Waals surface area contributed by atoms with Crippen LogP contribution in [0.2, 0.25) is 0 Å². The lowest BCUT2D eigenvalue weighted by Gasteiger charge is -2.29. The SMILES string of the molecule is COc1ccc(CC(=O)N2CC[C@H](Nc3nc(N4CCNCC4)c4ccccc4n3)C2)cc1. The lowest BCUT2D eigenvalue weighted by molar-refractivity contribution is -0.129. The van der Waals surface area contributed by atoms with Crippen LogP contribution in [0.3, 0.4) is 0 Å². The number of hydrogen-bond acceptors (Lipinski definition) is 7. The minimum Gasteiger partial charge on any atom is -0.497 e. The Hall–Kier alpha value is -3.39. The summed E-state index contributed by atoms with van der Waals surface area (Å²) in [6.07, 6.45) is 1.28. The number of nitrogens with one attached hydrogen (secondary N) is 2. The average molecular weight is 447 g/mol. The fourth-order valence-electron chi connectivity index (χ4n) is 4.56. The van der Waals surface area contributed by atoms with E-state index in [0.717, 1.165) is 67.2 Å². The van der Waals surface area contributed by atoms with Crippen LogP contribution in [0.25, 0.3) is 10.9 Å². The largest absolute Gasteiger partial charge is 0.497 e. The number of rotatable bonds is 6. The van der Waals surface area contributed by atoms with Crippen LogP contribution in [-0.4, -0.2) is 73.2 Å². The molecule has 1 atom stereocenters.